The zero-order valence-electron chi connectivity index (χ0n) is 11.1. The van der Waals surface area contributed by atoms with Crippen LogP contribution in [0.5, 0.6) is 0 Å². The fraction of sp³-hybridized carbons (Fsp3) is 0.538. The van der Waals surface area contributed by atoms with E-state index in [1.165, 1.54) is 19.6 Å². The van der Waals surface area contributed by atoms with Gasteiger partial charge in [0, 0.05) is 0 Å². The molecule has 1 atom stereocenters. The summed E-state index contributed by atoms with van der Waals surface area (Å²) < 4.78 is 19.0. The van der Waals surface area contributed by atoms with Crippen LogP contribution in [0.25, 0.3) is 0 Å². The highest BCUT2D eigenvalue weighted by Crippen LogP contribution is 2.05. The standard InChI is InChI=1S/C7H8O2S.C6H15N/c1-6-2-4-7(5-3-6)10(8)9;1-4-7(5-2)6-3/h2-5H,1H3,(H,8,9);4-6H2,1-3H3. The Labute approximate surface area is 107 Å². The predicted molar refractivity (Wildman–Crippen MR) is 73.7 cm³/mol. The largest absolute Gasteiger partial charge is 0.304 e. The molecule has 1 rings (SSSR count). The molecule has 3 nitrogen and oxygen atoms in total. The van der Waals surface area contributed by atoms with Crippen molar-refractivity contribution in [1.29, 1.82) is 0 Å². The van der Waals surface area contributed by atoms with E-state index in [1.54, 1.807) is 12.1 Å². The maximum absolute atomic E-state index is 10.4. The van der Waals surface area contributed by atoms with Gasteiger partial charge < -0.3 is 9.45 Å². The Balaban J connectivity index is 0.000000325. The molecule has 0 aromatic heterocycles. The first-order valence-electron chi connectivity index (χ1n) is 5.94. The van der Waals surface area contributed by atoms with Crippen LogP contribution in [0, 0.1) is 6.92 Å². The molecule has 0 saturated heterocycles. The van der Waals surface area contributed by atoms with E-state index in [-0.39, 0.29) is 0 Å². The Morgan fingerprint density at radius 2 is 1.47 bits per heavy atom. The van der Waals surface area contributed by atoms with Gasteiger partial charge in [0.25, 0.3) is 0 Å². The van der Waals surface area contributed by atoms with Crippen LogP contribution in [0.4, 0.5) is 0 Å². The van der Waals surface area contributed by atoms with Gasteiger partial charge in [-0.1, -0.05) is 38.5 Å². The highest BCUT2D eigenvalue weighted by molar-refractivity contribution is 7.79. The number of benzene rings is 1. The molecule has 1 aromatic carbocycles. The van der Waals surface area contributed by atoms with Crippen molar-refractivity contribution in [2.24, 2.45) is 0 Å². The van der Waals surface area contributed by atoms with E-state index in [9.17, 15) is 4.21 Å². The Hall–Kier alpha value is -0.710. The molecule has 0 aliphatic rings. The third kappa shape index (κ3) is 7.26. The average Bonchev–Trinajstić information content (AvgIpc) is 2.32. The Bertz CT molecular complexity index is 315. The molecular weight excluding hydrogens is 234 g/mol. The molecular formula is C13H23NO2S. The summed E-state index contributed by atoms with van der Waals surface area (Å²) in [5.41, 5.74) is 1.09. The molecule has 0 saturated carbocycles. The van der Waals surface area contributed by atoms with Gasteiger partial charge in [-0.15, -0.1) is 0 Å². The summed E-state index contributed by atoms with van der Waals surface area (Å²) in [5.74, 6) is 0. The van der Waals surface area contributed by atoms with E-state index in [4.69, 9.17) is 4.55 Å². The van der Waals surface area contributed by atoms with E-state index < -0.39 is 11.1 Å². The van der Waals surface area contributed by atoms with Gasteiger partial charge in [-0.3, -0.25) is 0 Å². The number of hydrogen-bond donors (Lipinski definition) is 1. The first-order valence-corrected chi connectivity index (χ1v) is 7.05. The lowest BCUT2D eigenvalue weighted by Gasteiger charge is -2.13. The van der Waals surface area contributed by atoms with Crippen LogP contribution in [0.1, 0.15) is 26.3 Å². The highest BCUT2D eigenvalue weighted by Gasteiger charge is 1.95. The molecule has 0 fully saturated rings. The van der Waals surface area contributed by atoms with Crippen LogP contribution in [0.15, 0.2) is 29.2 Å². The van der Waals surface area contributed by atoms with Crippen molar-refractivity contribution in [2.45, 2.75) is 32.6 Å². The number of rotatable bonds is 4. The monoisotopic (exact) mass is 257 g/mol. The van der Waals surface area contributed by atoms with Crippen LogP contribution in [0.2, 0.25) is 0 Å². The average molecular weight is 257 g/mol. The third-order valence-corrected chi connectivity index (χ3v) is 3.24. The van der Waals surface area contributed by atoms with Crippen molar-refractivity contribution in [3.05, 3.63) is 29.8 Å². The minimum absolute atomic E-state index is 0.450. The SMILES string of the molecule is CCN(CC)CC.Cc1ccc(S(=O)O)cc1. The summed E-state index contributed by atoms with van der Waals surface area (Å²) in [5, 5.41) is 0. The second-order valence-corrected chi connectivity index (χ2v) is 4.65. The first-order chi connectivity index (χ1) is 8.04. The first kappa shape index (κ1) is 16.3. The van der Waals surface area contributed by atoms with Crippen LogP contribution in [-0.2, 0) is 11.1 Å². The maximum Gasteiger partial charge on any atom is 0.186 e. The zero-order chi connectivity index (χ0) is 13.3. The summed E-state index contributed by atoms with van der Waals surface area (Å²) in [6, 6.07) is 6.91. The lowest BCUT2D eigenvalue weighted by atomic mass is 10.2. The molecule has 1 aromatic rings. The smallest absolute Gasteiger partial charge is 0.186 e. The fourth-order valence-corrected chi connectivity index (χ4v) is 1.69. The molecule has 0 heterocycles. The van der Waals surface area contributed by atoms with Crippen molar-refractivity contribution in [2.75, 3.05) is 19.6 Å². The molecule has 0 bridgehead atoms. The molecule has 0 aliphatic heterocycles. The number of nitrogens with zero attached hydrogens (tertiary/aromatic N) is 1. The van der Waals surface area contributed by atoms with Crippen LogP contribution < -0.4 is 0 Å². The van der Waals surface area contributed by atoms with E-state index >= 15 is 0 Å². The quantitative estimate of drug-likeness (QED) is 0.843. The summed E-state index contributed by atoms with van der Waals surface area (Å²) in [4.78, 5) is 2.82. The van der Waals surface area contributed by atoms with Gasteiger partial charge in [-0.25, -0.2) is 4.21 Å². The molecule has 0 amide bonds. The van der Waals surface area contributed by atoms with Crippen molar-refractivity contribution in [1.82, 2.24) is 4.90 Å². The molecule has 17 heavy (non-hydrogen) atoms. The molecule has 0 radical (unpaired) electrons. The second-order valence-electron chi connectivity index (χ2n) is 3.68. The normalized spacial score (nSPS) is 11.9. The molecule has 0 spiro atoms. The molecule has 4 heteroatoms. The van der Waals surface area contributed by atoms with Crippen molar-refractivity contribution in [3.8, 4) is 0 Å². The molecule has 1 unspecified atom stereocenters. The molecule has 0 aliphatic carbocycles. The van der Waals surface area contributed by atoms with Crippen LogP contribution in [0.3, 0.4) is 0 Å². The zero-order valence-corrected chi connectivity index (χ0v) is 12.0. The van der Waals surface area contributed by atoms with Gasteiger partial charge in [0.1, 0.15) is 0 Å². The Morgan fingerprint density at radius 1 is 1.06 bits per heavy atom. The summed E-state index contributed by atoms with van der Waals surface area (Å²) in [7, 11) is 0. The fourth-order valence-electron chi connectivity index (χ4n) is 1.33. The molecule has 1 N–H and O–H groups in total. The maximum atomic E-state index is 10.4. The predicted octanol–water partition coefficient (Wildman–Crippen LogP) is 2.92. The Morgan fingerprint density at radius 3 is 1.71 bits per heavy atom. The van der Waals surface area contributed by atoms with Crippen molar-refractivity contribution < 1.29 is 8.76 Å². The van der Waals surface area contributed by atoms with Gasteiger partial charge in [0.05, 0.1) is 4.90 Å². The number of aryl methyl sites for hydroxylation is 1. The lowest BCUT2D eigenvalue weighted by Crippen LogP contribution is -2.21. The molecule has 98 valence electrons. The van der Waals surface area contributed by atoms with Crippen LogP contribution in [-0.4, -0.2) is 33.3 Å². The van der Waals surface area contributed by atoms with Gasteiger partial charge in [-0.2, -0.15) is 0 Å². The highest BCUT2D eigenvalue weighted by atomic mass is 32.2. The van der Waals surface area contributed by atoms with Crippen LogP contribution >= 0.6 is 0 Å². The topological polar surface area (TPSA) is 40.5 Å². The summed E-state index contributed by atoms with van der Waals surface area (Å²) in [6.07, 6.45) is 0. The lowest BCUT2D eigenvalue weighted by molar-refractivity contribution is 0.321. The second kappa shape index (κ2) is 9.33. The van der Waals surface area contributed by atoms with E-state index in [1.807, 2.05) is 19.1 Å². The van der Waals surface area contributed by atoms with Gasteiger partial charge >= 0.3 is 0 Å². The van der Waals surface area contributed by atoms with Crippen molar-refractivity contribution in [3.63, 3.8) is 0 Å². The van der Waals surface area contributed by atoms with Crippen molar-refractivity contribution >= 4 is 11.1 Å². The van der Waals surface area contributed by atoms with E-state index in [2.05, 4.69) is 25.7 Å². The van der Waals surface area contributed by atoms with Gasteiger partial charge in [-0.05, 0) is 38.7 Å². The minimum atomic E-state index is -1.84. The Kier molecular flexibility index (Phi) is 8.94. The van der Waals surface area contributed by atoms with Gasteiger partial charge in [0.15, 0.2) is 11.1 Å². The summed E-state index contributed by atoms with van der Waals surface area (Å²) in [6.45, 7) is 12.1. The minimum Gasteiger partial charge on any atom is -0.304 e. The van der Waals surface area contributed by atoms with Gasteiger partial charge in [0.2, 0.25) is 0 Å². The van der Waals surface area contributed by atoms with E-state index in [0.29, 0.717) is 4.90 Å². The third-order valence-electron chi connectivity index (χ3n) is 2.56. The summed E-state index contributed by atoms with van der Waals surface area (Å²) >= 11 is -1.84. The number of hydrogen-bond acceptors (Lipinski definition) is 2. The van der Waals surface area contributed by atoms with E-state index in [0.717, 1.165) is 5.56 Å².